The number of piperazine rings is 1. The topological polar surface area (TPSA) is 73.5 Å². The number of rotatable bonds is 6. The van der Waals surface area contributed by atoms with Crippen molar-refractivity contribution >= 4 is 23.0 Å². The normalized spacial score (nSPS) is 15.2. The van der Waals surface area contributed by atoms with Gasteiger partial charge in [-0.15, -0.1) is 0 Å². The first-order chi connectivity index (χ1) is 12.2. The molecule has 0 atom stereocenters. The smallest absolute Gasteiger partial charge is 0.287 e. The Balaban J connectivity index is 1.48. The van der Waals surface area contributed by atoms with E-state index in [1.807, 2.05) is 18.2 Å². The van der Waals surface area contributed by atoms with E-state index in [0.717, 1.165) is 44.2 Å². The zero-order valence-corrected chi connectivity index (χ0v) is 14.9. The maximum atomic E-state index is 11.6. The molecule has 0 amide bonds. The zero-order chi connectivity index (χ0) is 17.6. The highest BCUT2D eigenvalue weighted by Crippen LogP contribution is 2.28. The highest BCUT2D eigenvalue weighted by Gasteiger charge is 2.19. The standard InChI is InChI=1S/C17H22ClN5O2/c1-25-15-5-3-2-4-14(15)23-10-8-22(9-11-23)7-6-19-13-12-16(18)20-21-17(13)24/h2-5,12H,6-11H2,1H3,(H,19,20)(H,21,24). The highest BCUT2D eigenvalue weighted by atomic mass is 35.5. The van der Waals surface area contributed by atoms with Crippen LogP contribution in [0.3, 0.4) is 0 Å². The van der Waals surface area contributed by atoms with Crippen molar-refractivity contribution in [1.29, 1.82) is 0 Å². The summed E-state index contributed by atoms with van der Waals surface area (Å²) < 4.78 is 5.45. The Morgan fingerprint density at radius 2 is 2.04 bits per heavy atom. The van der Waals surface area contributed by atoms with Crippen molar-refractivity contribution in [3.8, 4) is 5.75 Å². The number of benzene rings is 1. The molecule has 8 heteroatoms. The molecule has 1 saturated heterocycles. The molecule has 0 unspecified atom stereocenters. The minimum absolute atomic E-state index is 0.259. The number of ether oxygens (including phenoxy) is 1. The monoisotopic (exact) mass is 363 g/mol. The average Bonchev–Trinajstić information content (AvgIpc) is 2.65. The van der Waals surface area contributed by atoms with Crippen LogP contribution in [0.5, 0.6) is 5.75 Å². The summed E-state index contributed by atoms with van der Waals surface area (Å²) in [6.07, 6.45) is 0. The Hall–Kier alpha value is -2.25. The fourth-order valence-corrected chi connectivity index (χ4v) is 3.12. The number of aromatic nitrogens is 2. The second kappa shape index (κ2) is 8.22. The number of halogens is 1. The van der Waals surface area contributed by atoms with Crippen LogP contribution in [0, 0.1) is 0 Å². The van der Waals surface area contributed by atoms with Gasteiger partial charge >= 0.3 is 0 Å². The lowest BCUT2D eigenvalue weighted by molar-refractivity contribution is 0.266. The molecular formula is C17H22ClN5O2. The molecule has 1 aliphatic heterocycles. The first kappa shape index (κ1) is 17.6. The van der Waals surface area contributed by atoms with Crippen molar-refractivity contribution in [2.45, 2.75) is 0 Å². The number of H-pyrrole nitrogens is 1. The number of anilines is 2. The van der Waals surface area contributed by atoms with Crippen LogP contribution < -0.4 is 20.5 Å². The third kappa shape index (κ3) is 4.43. The molecule has 2 aromatic rings. The molecule has 0 saturated carbocycles. The average molecular weight is 364 g/mol. The van der Waals surface area contributed by atoms with Crippen LogP contribution in [0.15, 0.2) is 35.1 Å². The number of aromatic amines is 1. The van der Waals surface area contributed by atoms with E-state index in [-0.39, 0.29) is 10.7 Å². The summed E-state index contributed by atoms with van der Waals surface area (Å²) in [6, 6.07) is 9.64. The van der Waals surface area contributed by atoms with Gasteiger partial charge in [0.15, 0.2) is 5.15 Å². The summed E-state index contributed by atoms with van der Waals surface area (Å²) in [5.74, 6) is 0.909. The maximum Gasteiger partial charge on any atom is 0.287 e. The third-order valence-corrected chi connectivity index (χ3v) is 4.51. The Bertz CT molecular complexity index is 759. The van der Waals surface area contributed by atoms with E-state index in [1.54, 1.807) is 13.2 Å². The fraction of sp³-hybridized carbons (Fsp3) is 0.412. The summed E-state index contributed by atoms with van der Waals surface area (Å²) in [7, 11) is 1.70. The SMILES string of the molecule is COc1ccccc1N1CCN(CCNc2cc(Cl)n[nH]c2=O)CC1. The molecule has 25 heavy (non-hydrogen) atoms. The predicted octanol–water partition coefficient (Wildman–Crippen LogP) is 1.67. The van der Waals surface area contributed by atoms with Gasteiger partial charge in [-0.3, -0.25) is 9.69 Å². The second-order valence-corrected chi connectivity index (χ2v) is 6.25. The largest absolute Gasteiger partial charge is 0.495 e. The van der Waals surface area contributed by atoms with Crippen LogP contribution in [-0.4, -0.2) is 61.5 Å². The molecule has 7 nitrogen and oxygen atoms in total. The minimum Gasteiger partial charge on any atom is -0.495 e. The summed E-state index contributed by atoms with van der Waals surface area (Å²) >= 11 is 5.80. The number of para-hydroxylation sites is 2. The van der Waals surface area contributed by atoms with Gasteiger partial charge in [-0.25, -0.2) is 5.10 Å². The van der Waals surface area contributed by atoms with E-state index < -0.39 is 0 Å². The van der Waals surface area contributed by atoms with Crippen LogP contribution >= 0.6 is 11.6 Å². The van der Waals surface area contributed by atoms with Gasteiger partial charge in [-0.1, -0.05) is 23.7 Å². The molecule has 2 heterocycles. The summed E-state index contributed by atoms with van der Waals surface area (Å²) in [6.45, 7) is 5.36. The molecule has 0 bridgehead atoms. The van der Waals surface area contributed by atoms with Crippen molar-refractivity contribution in [3.63, 3.8) is 0 Å². The Morgan fingerprint density at radius 1 is 1.28 bits per heavy atom. The van der Waals surface area contributed by atoms with Crippen LogP contribution in [0.4, 0.5) is 11.4 Å². The Kier molecular flexibility index (Phi) is 5.78. The highest BCUT2D eigenvalue weighted by molar-refractivity contribution is 6.29. The van der Waals surface area contributed by atoms with Gasteiger partial charge in [-0.05, 0) is 12.1 Å². The quantitative estimate of drug-likeness (QED) is 0.813. The van der Waals surface area contributed by atoms with E-state index >= 15 is 0 Å². The summed E-state index contributed by atoms with van der Waals surface area (Å²) in [4.78, 5) is 16.4. The lowest BCUT2D eigenvalue weighted by atomic mass is 10.2. The van der Waals surface area contributed by atoms with E-state index in [2.05, 4.69) is 31.4 Å². The van der Waals surface area contributed by atoms with Gasteiger partial charge in [-0.2, -0.15) is 5.10 Å². The molecule has 3 rings (SSSR count). The van der Waals surface area contributed by atoms with Gasteiger partial charge in [0.1, 0.15) is 11.4 Å². The number of nitrogens with zero attached hydrogens (tertiary/aromatic N) is 3. The lowest BCUT2D eigenvalue weighted by Crippen LogP contribution is -2.47. The van der Waals surface area contributed by atoms with Gasteiger partial charge in [0.05, 0.1) is 12.8 Å². The Morgan fingerprint density at radius 3 is 2.80 bits per heavy atom. The molecule has 1 aliphatic rings. The minimum atomic E-state index is -0.259. The van der Waals surface area contributed by atoms with E-state index in [1.165, 1.54) is 0 Å². The zero-order valence-electron chi connectivity index (χ0n) is 14.2. The van der Waals surface area contributed by atoms with Gasteiger partial charge in [0.2, 0.25) is 0 Å². The molecule has 1 aromatic heterocycles. The predicted molar refractivity (Wildman–Crippen MR) is 100 cm³/mol. The fourth-order valence-electron chi connectivity index (χ4n) is 2.96. The first-order valence-electron chi connectivity index (χ1n) is 8.27. The molecule has 0 radical (unpaired) electrons. The number of methoxy groups -OCH3 is 1. The molecule has 0 spiro atoms. The molecule has 2 N–H and O–H groups in total. The van der Waals surface area contributed by atoms with Crippen molar-refractivity contribution < 1.29 is 4.74 Å². The van der Waals surface area contributed by atoms with Crippen molar-refractivity contribution in [3.05, 3.63) is 45.8 Å². The number of nitrogens with one attached hydrogen (secondary N) is 2. The van der Waals surface area contributed by atoms with Crippen LogP contribution in [0.25, 0.3) is 0 Å². The molecule has 1 fully saturated rings. The van der Waals surface area contributed by atoms with Crippen molar-refractivity contribution in [2.24, 2.45) is 0 Å². The van der Waals surface area contributed by atoms with Gasteiger partial charge in [0, 0.05) is 45.3 Å². The number of hydrogen-bond donors (Lipinski definition) is 2. The van der Waals surface area contributed by atoms with Gasteiger partial charge < -0.3 is 15.0 Å². The van der Waals surface area contributed by atoms with Crippen LogP contribution in [-0.2, 0) is 0 Å². The second-order valence-electron chi connectivity index (χ2n) is 5.86. The molecule has 1 aromatic carbocycles. The van der Waals surface area contributed by atoms with Crippen LogP contribution in [0.1, 0.15) is 0 Å². The van der Waals surface area contributed by atoms with Crippen molar-refractivity contribution in [1.82, 2.24) is 15.1 Å². The molecule has 0 aliphatic carbocycles. The van der Waals surface area contributed by atoms with E-state index in [0.29, 0.717) is 12.2 Å². The van der Waals surface area contributed by atoms with Crippen LogP contribution in [0.2, 0.25) is 5.15 Å². The van der Waals surface area contributed by atoms with Crippen molar-refractivity contribution in [2.75, 3.05) is 56.6 Å². The van der Waals surface area contributed by atoms with E-state index in [4.69, 9.17) is 16.3 Å². The molecular weight excluding hydrogens is 342 g/mol. The summed E-state index contributed by atoms with van der Waals surface area (Å²) in [5, 5.41) is 9.40. The Labute approximate surface area is 151 Å². The number of hydrogen-bond acceptors (Lipinski definition) is 6. The molecule has 134 valence electrons. The van der Waals surface area contributed by atoms with Gasteiger partial charge in [0.25, 0.3) is 5.56 Å². The maximum absolute atomic E-state index is 11.6. The van der Waals surface area contributed by atoms with E-state index in [9.17, 15) is 4.79 Å². The third-order valence-electron chi connectivity index (χ3n) is 4.31. The lowest BCUT2D eigenvalue weighted by Gasteiger charge is -2.36. The first-order valence-corrected chi connectivity index (χ1v) is 8.64. The summed E-state index contributed by atoms with van der Waals surface area (Å²) in [5.41, 5.74) is 1.33.